The lowest BCUT2D eigenvalue weighted by atomic mass is 10.1. The first kappa shape index (κ1) is 18.6. The summed E-state index contributed by atoms with van der Waals surface area (Å²) in [4.78, 5) is 36.4. The highest BCUT2D eigenvalue weighted by Gasteiger charge is 2.35. The summed E-state index contributed by atoms with van der Waals surface area (Å²) in [5, 5.41) is 10.8. The summed E-state index contributed by atoms with van der Waals surface area (Å²) in [6, 6.07) is 11.2. The van der Waals surface area contributed by atoms with Gasteiger partial charge in [0.15, 0.2) is 0 Å². The average Bonchev–Trinajstić information content (AvgIpc) is 2.86. The third kappa shape index (κ3) is 3.98. The summed E-state index contributed by atoms with van der Waals surface area (Å²) in [7, 11) is 0. The number of amides is 2. The first-order valence-corrected chi connectivity index (χ1v) is 9.27. The molecule has 0 bridgehead atoms. The van der Waals surface area contributed by atoms with E-state index in [1.807, 2.05) is 24.3 Å². The Kier molecular flexibility index (Phi) is 5.45. The van der Waals surface area contributed by atoms with E-state index in [2.05, 4.69) is 15.9 Å². The van der Waals surface area contributed by atoms with Crippen molar-refractivity contribution in [2.24, 2.45) is 0 Å². The molecule has 0 aromatic heterocycles. The Morgan fingerprint density at radius 3 is 2.54 bits per heavy atom. The predicted octanol–water partition coefficient (Wildman–Crippen LogP) is 5.25. The second kappa shape index (κ2) is 7.61. The van der Waals surface area contributed by atoms with E-state index in [-0.39, 0.29) is 22.2 Å². The van der Waals surface area contributed by atoms with Crippen LogP contribution in [-0.4, -0.2) is 21.0 Å². The lowest BCUT2D eigenvalue weighted by Gasteiger charge is -2.12. The fraction of sp³-hybridized carbons (Fsp3) is 0.0588. The number of hydrogen-bond donors (Lipinski definition) is 0. The molecule has 132 valence electrons. The molecule has 26 heavy (non-hydrogen) atoms. The quantitative estimate of drug-likeness (QED) is 0.359. The summed E-state index contributed by atoms with van der Waals surface area (Å²) < 4.78 is 0.899. The zero-order chi connectivity index (χ0) is 18.8. The fourth-order valence-electron chi connectivity index (χ4n) is 2.31. The highest BCUT2D eigenvalue weighted by atomic mass is 79.9. The largest absolute Gasteiger partial charge is 0.293 e. The van der Waals surface area contributed by atoms with Crippen LogP contribution >= 0.6 is 39.3 Å². The van der Waals surface area contributed by atoms with E-state index in [0.717, 1.165) is 26.7 Å². The van der Waals surface area contributed by atoms with Gasteiger partial charge in [0, 0.05) is 27.2 Å². The van der Waals surface area contributed by atoms with Gasteiger partial charge in [-0.15, -0.1) is 0 Å². The molecule has 1 aliphatic heterocycles. The lowest BCUT2D eigenvalue weighted by molar-refractivity contribution is -0.384. The summed E-state index contributed by atoms with van der Waals surface area (Å²) in [6.45, 7) is 0.151. The Balaban J connectivity index is 1.86. The van der Waals surface area contributed by atoms with Crippen LogP contribution in [0.4, 0.5) is 10.5 Å². The van der Waals surface area contributed by atoms with Crippen molar-refractivity contribution in [1.82, 2.24) is 4.90 Å². The van der Waals surface area contributed by atoms with E-state index in [4.69, 9.17) is 11.6 Å². The molecule has 0 atom stereocenters. The number of nitrogens with zero attached hydrogens (tertiary/aromatic N) is 2. The molecule has 0 spiro atoms. The van der Waals surface area contributed by atoms with Crippen LogP contribution in [0.5, 0.6) is 0 Å². The summed E-state index contributed by atoms with van der Waals surface area (Å²) in [5.74, 6) is -0.453. The molecule has 0 unspecified atom stereocenters. The number of carbonyl (C=O) groups is 2. The van der Waals surface area contributed by atoms with Gasteiger partial charge in [-0.3, -0.25) is 24.6 Å². The Bertz CT molecular complexity index is 946. The van der Waals surface area contributed by atoms with Gasteiger partial charge >= 0.3 is 0 Å². The van der Waals surface area contributed by atoms with Crippen molar-refractivity contribution in [1.29, 1.82) is 0 Å². The molecule has 2 amide bonds. The molecule has 1 heterocycles. The number of rotatable bonds is 4. The number of nitro groups is 1. The number of halogens is 2. The highest BCUT2D eigenvalue weighted by molar-refractivity contribution is 9.10. The van der Waals surface area contributed by atoms with E-state index >= 15 is 0 Å². The lowest BCUT2D eigenvalue weighted by Crippen LogP contribution is -2.27. The van der Waals surface area contributed by atoms with Crippen LogP contribution in [0.3, 0.4) is 0 Å². The van der Waals surface area contributed by atoms with Gasteiger partial charge in [-0.25, -0.2) is 0 Å². The summed E-state index contributed by atoms with van der Waals surface area (Å²) in [5.41, 5.74) is 0.981. The number of hydrogen-bond acceptors (Lipinski definition) is 5. The normalized spacial score (nSPS) is 15.8. The van der Waals surface area contributed by atoms with Crippen LogP contribution in [0.1, 0.15) is 11.1 Å². The minimum Gasteiger partial charge on any atom is -0.268 e. The molecule has 2 aromatic rings. The second-order valence-electron chi connectivity index (χ2n) is 5.36. The molecular formula is C17H10BrClN2O4S. The first-order chi connectivity index (χ1) is 12.3. The molecule has 0 N–H and O–H groups in total. The number of carbonyl (C=O) groups excluding carboxylic acids is 2. The predicted molar refractivity (Wildman–Crippen MR) is 104 cm³/mol. The number of nitro benzene ring substituents is 1. The number of non-ortho nitro benzene ring substituents is 1. The maximum Gasteiger partial charge on any atom is 0.293 e. The van der Waals surface area contributed by atoms with Crippen LogP contribution in [0.15, 0.2) is 51.8 Å². The van der Waals surface area contributed by atoms with Crippen molar-refractivity contribution in [3.63, 3.8) is 0 Å². The topological polar surface area (TPSA) is 80.5 Å². The van der Waals surface area contributed by atoms with Crippen molar-refractivity contribution >= 4 is 62.2 Å². The molecule has 3 rings (SSSR count). The van der Waals surface area contributed by atoms with E-state index < -0.39 is 16.1 Å². The Morgan fingerprint density at radius 1 is 1.19 bits per heavy atom. The average molecular weight is 454 g/mol. The molecule has 0 saturated carbocycles. The standard InChI is InChI=1S/C17H10BrClN2O4S/c18-12-3-1-10(2-4-12)9-20-16(22)15(26-17(20)23)8-11-7-13(21(24)25)5-6-14(11)19/h1-8H,9H2/b15-8-. The minimum atomic E-state index is -0.549. The third-order valence-electron chi connectivity index (χ3n) is 3.60. The fourth-order valence-corrected chi connectivity index (χ4v) is 3.57. The molecular weight excluding hydrogens is 444 g/mol. The maximum atomic E-state index is 12.6. The van der Waals surface area contributed by atoms with Gasteiger partial charge in [-0.05, 0) is 41.6 Å². The number of thioether (sulfide) groups is 1. The van der Waals surface area contributed by atoms with Crippen LogP contribution in [0.25, 0.3) is 6.08 Å². The van der Waals surface area contributed by atoms with Gasteiger partial charge in [-0.1, -0.05) is 39.7 Å². The van der Waals surface area contributed by atoms with Gasteiger partial charge < -0.3 is 0 Å². The first-order valence-electron chi connectivity index (χ1n) is 7.29. The van der Waals surface area contributed by atoms with E-state index in [9.17, 15) is 19.7 Å². The van der Waals surface area contributed by atoms with Crippen LogP contribution in [0.2, 0.25) is 5.02 Å². The maximum absolute atomic E-state index is 12.6. The van der Waals surface area contributed by atoms with E-state index in [1.54, 1.807) is 0 Å². The van der Waals surface area contributed by atoms with E-state index in [0.29, 0.717) is 5.56 Å². The summed E-state index contributed by atoms with van der Waals surface area (Å²) >= 11 is 10.2. The Hall–Kier alpha value is -2.16. The molecule has 1 aliphatic rings. The van der Waals surface area contributed by atoms with E-state index in [1.165, 1.54) is 24.3 Å². The molecule has 9 heteroatoms. The molecule has 0 radical (unpaired) electrons. The monoisotopic (exact) mass is 452 g/mol. The molecule has 2 aromatic carbocycles. The van der Waals surface area contributed by atoms with Gasteiger partial charge in [-0.2, -0.15) is 0 Å². The van der Waals surface area contributed by atoms with Crippen LogP contribution in [-0.2, 0) is 11.3 Å². The van der Waals surface area contributed by atoms with Crippen LogP contribution < -0.4 is 0 Å². The van der Waals surface area contributed by atoms with Gasteiger partial charge in [0.1, 0.15) is 0 Å². The van der Waals surface area contributed by atoms with Crippen molar-refractivity contribution in [2.75, 3.05) is 0 Å². The molecule has 1 fully saturated rings. The van der Waals surface area contributed by atoms with Crippen molar-refractivity contribution in [3.8, 4) is 0 Å². The smallest absolute Gasteiger partial charge is 0.268 e. The number of imide groups is 1. The number of benzene rings is 2. The summed E-state index contributed by atoms with van der Waals surface area (Å²) in [6.07, 6.45) is 1.40. The van der Waals surface area contributed by atoms with Crippen LogP contribution in [0, 0.1) is 10.1 Å². The third-order valence-corrected chi connectivity index (χ3v) is 5.38. The minimum absolute atomic E-state index is 0.144. The Morgan fingerprint density at radius 2 is 1.88 bits per heavy atom. The Labute approximate surface area is 166 Å². The zero-order valence-corrected chi connectivity index (χ0v) is 16.2. The molecule has 6 nitrogen and oxygen atoms in total. The van der Waals surface area contributed by atoms with Gasteiger partial charge in [0.2, 0.25) is 0 Å². The van der Waals surface area contributed by atoms with Crippen molar-refractivity contribution < 1.29 is 14.5 Å². The highest BCUT2D eigenvalue weighted by Crippen LogP contribution is 2.35. The second-order valence-corrected chi connectivity index (χ2v) is 7.67. The molecule has 1 saturated heterocycles. The van der Waals surface area contributed by atoms with Crippen molar-refractivity contribution in [3.05, 3.63) is 78.1 Å². The van der Waals surface area contributed by atoms with Gasteiger partial charge in [0.25, 0.3) is 16.8 Å². The van der Waals surface area contributed by atoms with Gasteiger partial charge in [0.05, 0.1) is 16.4 Å². The van der Waals surface area contributed by atoms with Crippen molar-refractivity contribution in [2.45, 2.75) is 6.54 Å². The SMILES string of the molecule is O=C1S/C(=C\c2cc([N+](=O)[O-])ccc2Cl)C(=O)N1Cc1ccc(Br)cc1. The zero-order valence-electron chi connectivity index (χ0n) is 13.0. The molecule has 0 aliphatic carbocycles.